The van der Waals surface area contributed by atoms with E-state index < -0.39 is 0 Å². The van der Waals surface area contributed by atoms with E-state index in [0.717, 1.165) is 27.2 Å². The quantitative estimate of drug-likeness (QED) is 0.437. The summed E-state index contributed by atoms with van der Waals surface area (Å²) in [6.07, 6.45) is 0. The number of pyridine rings is 1. The molecule has 0 unspecified atom stereocenters. The Kier molecular flexibility index (Phi) is 2.87. The normalized spacial score (nSPS) is 11.1. The van der Waals surface area contributed by atoms with E-state index in [4.69, 9.17) is 16.6 Å². The van der Waals surface area contributed by atoms with Crippen LogP contribution in [0.4, 0.5) is 0 Å². The first-order valence-electron chi connectivity index (χ1n) is 6.85. The van der Waals surface area contributed by atoms with E-state index in [1.165, 1.54) is 10.8 Å². The Balaban J connectivity index is 1.89. The van der Waals surface area contributed by atoms with Gasteiger partial charge in [0.25, 0.3) is 0 Å². The van der Waals surface area contributed by atoms with Crippen molar-refractivity contribution in [1.82, 2.24) is 4.98 Å². The first-order valence-corrected chi connectivity index (χ1v) is 7.23. The summed E-state index contributed by atoms with van der Waals surface area (Å²) in [4.78, 5) is 4.73. The predicted octanol–water partition coefficient (Wildman–Crippen LogP) is 5.71. The van der Waals surface area contributed by atoms with Gasteiger partial charge in [-0.05, 0) is 41.1 Å². The predicted molar refractivity (Wildman–Crippen MR) is 89.7 cm³/mol. The van der Waals surface area contributed by atoms with Gasteiger partial charge in [-0.2, -0.15) is 0 Å². The molecule has 0 spiro atoms. The van der Waals surface area contributed by atoms with Gasteiger partial charge in [0.05, 0.1) is 11.2 Å². The minimum atomic E-state index is 0.739. The van der Waals surface area contributed by atoms with Crippen LogP contribution in [0.5, 0.6) is 0 Å². The Morgan fingerprint density at radius 3 is 2.38 bits per heavy atom. The van der Waals surface area contributed by atoms with Crippen LogP contribution in [0.15, 0.2) is 72.8 Å². The molecule has 1 nitrogen and oxygen atoms in total. The Labute approximate surface area is 127 Å². The average molecular weight is 290 g/mol. The van der Waals surface area contributed by atoms with Gasteiger partial charge in [0.15, 0.2) is 0 Å². The monoisotopic (exact) mass is 289 g/mol. The van der Waals surface area contributed by atoms with Gasteiger partial charge in [0, 0.05) is 16.0 Å². The molecule has 0 aliphatic rings. The molecule has 21 heavy (non-hydrogen) atoms. The fraction of sp³-hybridized carbons (Fsp3) is 0. The van der Waals surface area contributed by atoms with E-state index >= 15 is 0 Å². The van der Waals surface area contributed by atoms with Gasteiger partial charge in [-0.1, -0.05) is 54.1 Å². The number of hydrogen-bond donors (Lipinski definition) is 0. The van der Waals surface area contributed by atoms with E-state index in [-0.39, 0.29) is 0 Å². The molecule has 0 radical (unpaired) electrons. The first-order chi connectivity index (χ1) is 10.3. The SMILES string of the molecule is Clc1ccc2nc(-c3ccc4ccccc4c3)ccc2c1. The van der Waals surface area contributed by atoms with E-state index in [1.807, 2.05) is 24.3 Å². The fourth-order valence-electron chi connectivity index (χ4n) is 2.61. The summed E-state index contributed by atoms with van der Waals surface area (Å²) in [7, 11) is 0. The van der Waals surface area contributed by atoms with E-state index in [2.05, 4.69) is 48.5 Å². The number of halogens is 1. The van der Waals surface area contributed by atoms with Gasteiger partial charge in [0.1, 0.15) is 0 Å². The highest BCUT2D eigenvalue weighted by Gasteiger charge is 2.03. The van der Waals surface area contributed by atoms with E-state index in [9.17, 15) is 0 Å². The van der Waals surface area contributed by atoms with Gasteiger partial charge in [-0.3, -0.25) is 0 Å². The molecule has 0 aliphatic heterocycles. The lowest BCUT2D eigenvalue weighted by Gasteiger charge is -2.05. The van der Waals surface area contributed by atoms with Crippen molar-refractivity contribution in [3.8, 4) is 11.3 Å². The van der Waals surface area contributed by atoms with Crippen LogP contribution < -0.4 is 0 Å². The largest absolute Gasteiger partial charge is 0.248 e. The van der Waals surface area contributed by atoms with Crippen molar-refractivity contribution in [2.75, 3.05) is 0 Å². The summed E-state index contributed by atoms with van der Waals surface area (Å²) in [5.74, 6) is 0. The van der Waals surface area contributed by atoms with Crippen LogP contribution in [0.1, 0.15) is 0 Å². The lowest BCUT2D eigenvalue weighted by molar-refractivity contribution is 1.40. The smallest absolute Gasteiger partial charge is 0.0710 e. The summed E-state index contributed by atoms with van der Waals surface area (Å²) in [5, 5.41) is 4.27. The molecule has 0 aliphatic carbocycles. The number of aromatic nitrogens is 1. The average Bonchev–Trinajstić information content (AvgIpc) is 2.54. The Bertz CT molecular complexity index is 960. The van der Waals surface area contributed by atoms with Crippen LogP contribution in [0.3, 0.4) is 0 Å². The molecule has 2 heteroatoms. The zero-order valence-electron chi connectivity index (χ0n) is 11.3. The van der Waals surface area contributed by atoms with Gasteiger partial charge >= 0.3 is 0 Å². The van der Waals surface area contributed by atoms with Gasteiger partial charge < -0.3 is 0 Å². The van der Waals surface area contributed by atoms with Gasteiger partial charge in [-0.25, -0.2) is 4.98 Å². The summed E-state index contributed by atoms with van der Waals surface area (Å²) < 4.78 is 0. The maximum Gasteiger partial charge on any atom is 0.0710 e. The lowest BCUT2D eigenvalue weighted by atomic mass is 10.0. The van der Waals surface area contributed by atoms with Crippen LogP contribution in [-0.2, 0) is 0 Å². The van der Waals surface area contributed by atoms with Crippen LogP contribution in [0, 0.1) is 0 Å². The van der Waals surface area contributed by atoms with Crippen molar-refractivity contribution in [3.63, 3.8) is 0 Å². The Morgan fingerprint density at radius 1 is 0.667 bits per heavy atom. The molecular weight excluding hydrogens is 278 g/mol. The highest BCUT2D eigenvalue weighted by atomic mass is 35.5. The van der Waals surface area contributed by atoms with Crippen molar-refractivity contribution < 1.29 is 0 Å². The number of nitrogens with zero attached hydrogens (tertiary/aromatic N) is 1. The summed E-state index contributed by atoms with van der Waals surface area (Å²) in [6, 6.07) is 24.7. The number of rotatable bonds is 1. The summed E-state index contributed by atoms with van der Waals surface area (Å²) >= 11 is 6.01. The molecule has 0 amide bonds. The lowest BCUT2D eigenvalue weighted by Crippen LogP contribution is -1.85. The summed E-state index contributed by atoms with van der Waals surface area (Å²) in [6.45, 7) is 0. The maximum atomic E-state index is 6.01. The number of benzene rings is 3. The molecule has 0 fully saturated rings. The Hall–Kier alpha value is -2.38. The minimum absolute atomic E-state index is 0.739. The zero-order chi connectivity index (χ0) is 14.2. The topological polar surface area (TPSA) is 12.9 Å². The second-order valence-electron chi connectivity index (χ2n) is 5.10. The number of fused-ring (bicyclic) bond motifs is 2. The van der Waals surface area contributed by atoms with E-state index in [1.54, 1.807) is 0 Å². The molecule has 1 aromatic heterocycles. The van der Waals surface area contributed by atoms with Crippen LogP contribution >= 0.6 is 11.6 Å². The molecule has 0 saturated heterocycles. The van der Waals surface area contributed by atoms with Crippen molar-refractivity contribution in [2.45, 2.75) is 0 Å². The summed E-state index contributed by atoms with van der Waals surface area (Å²) in [5.41, 5.74) is 3.08. The molecule has 4 aromatic rings. The molecule has 1 heterocycles. The third-order valence-electron chi connectivity index (χ3n) is 3.70. The first kappa shape index (κ1) is 12.4. The molecule has 3 aromatic carbocycles. The molecule has 0 saturated carbocycles. The van der Waals surface area contributed by atoms with Gasteiger partial charge in [0.2, 0.25) is 0 Å². The molecule has 0 bridgehead atoms. The van der Waals surface area contributed by atoms with Crippen LogP contribution in [-0.4, -0.2) is 4.98 Å². The zero-order valence-corrected chi connectivity index (χ0v) is 12.0. The third kappa shape index (κ3) is 2.26. The number of hydrogen-bond acceptors (Lipinski definition) is 1. The van der Waals surface area contributed by atoms with Crippen molar-refractivity contribution in [3.05, 3.63) is 77.8 Å². The second kappa shape index (κ2) is 4.87. The fourth-order valence-corrected chi connectivity index (χ4v) is 2.79. The highest BCUT2D eigenvalue weighted by molar-refractivity contribution is 6.31. The minimum Gasteiger partial charge on any atom is -0.248 e. The van der Waals surface area contributed by atoms with Crippen molar-refractivity contribution >= 4 is 33.3 Å². The highest BCUT2D eigenvalue weighted by Crippen LogP contribution is 2.26. The molecule has 4 rings (SSSR count). The van der Waals surface area contributed by atoms with Crippen molar-refractivity contribution in [2.24, 2.45) is 0 Å². The van der Waals surface area contributed by atoms with Crippen LogP contribution in [0.25, 0.3) is 32.9 Å². The maximum absolute atomic E-state index is 6.01. The molecule has 0 atom stereocenters. The van der Waals surface area contributed by atoms with E-state index in [0.29, 0.717) is 0 Å². The van der Waals surface area contributed by atoms with Gasteiger partial charge in [-0.15, -0.1) is 0 Å². The third-order valence-corrected chi connectivity index (χ3v) is 3.93. The molecule has 100 valence electrons. The molecule has 0 N–H and O–H groups in total. The van der Waals surface area contributed by atoms with Crippen molar-refractivity contribution in [1.29, 1.82) is 0 Å². The second-order valence-corrected chi connectivity index (χ2v) is 5.53. The Morgan fingerprint density at radius 2 is 1.48 bits per heavy atom. The molecular formula is C19H12ClN. The van der Waals surface area contributed by atoms with Crippen LogP contribution in [0.2, 0.25) is 5.02 Å². The standard InChI is InChI=1S/C19H12ClN/c20-17-8-10-19-16(12-17)7-9-18(21-19)15-6-5-13-3-1-2-4-14(13)11-15/h1-12H.